The van der Waals surface area contributed by atoms with E-state index >= 15 is 0 Å². The van der Waals surface area contributed by atoms with Gasteiger partial charge in [0, 0.05) is 6.07 Å². The number of benzene rings is 2. The van der Waals surface area contributed by atoms with Gasteiger partial charge in [0.05, 0.1) is 4.92 Å². The SMILES string of the molecule is O=[N+]([O-])c1ccc(Cl)nc1Oc1ccc2ccccc2c1. The van der Waals surface area contributed by atoms with E-state index in [9.17, 15) is 10.1 Å². The lowest BCUT2D eigenvalue weighted by atomic mass is 10.1. The minimum Gasteiger partial charge on any atom is -0.434 e. The van der Waals surface area contributed by atoms with Gasteiger partial charge in [-0.05, 0) is 29.0 Å². The molecule has 0 N–H and O–H groups in total. The second kappa shape index (κ2) is 5.38. The van der Waals surface area contributed by atoms with E-state index in [-0.39, 0.29) is 16.7 Å². The second-order valence-electron chi connectivity index (χ2n) is 4.33. The van der Waals surface area contributed by atoms with Crippen LogP contribution in [0.2, 0.25) is 5.15 Å². The van der Waals surface area contributed by atoms with E-state index in [0.29, 0.717) is 5.75 Å². The van der Waals surface area contributed by atoms with Crippen molar-refractivity contribution in [2.45, 2.75) is 0 Å². The first-order chi connectivity index (χ1) is 10.1. The summed E-state index contributed by atoms with van der Waals surface area (Å²) in [5.41, 5.74) is -0.229. The van der Waals surface area contributed by atoms with Crippen molar-refractivity contribution < 1.29 is 9.66 Å². The number of aromatic nitrogens is 1. The van der Waals surface area contributed by atoms with Gasteiger partial charge in [0.15, 0.2) is 0 Å². The molecular formula is C15H9ClN2O3. The Balaban J connectivity index is 2.02. The lowest BCUT2D eigenvalue weighted by Crippen LogP contribution is -1.96. The highest BCUT2D eigenvalue weighted by Gasteiger charge is 2.18. The van der Waals surface area contributed by atoms with Gasteiger partial charge < -0.3 is 4.74 Å². The highest BCUT2D eigenvalue weighted by molar-refractivity contribution is 6.29. The average Bonchev–Trinajstić information content (AvgIpc) is 2.47. The first-order valence-corrected chi connectivity index (χ1v) is 6.49. The Morgan fingerprint density at radius 1 is 1.05 bits per heavy atom. The van der Waals surface area contributed by atoms with Crippen LogP contribution in [-0.2, 0) is 0 Å². The van der Waals surface area contributed by atoms with E-state index in [4.69, 9.17) is 16.3 Å². The Kier molecular flexibility index (Phi) is 3.41. The molecule has 2 aromatic carbocycles. The highest BCUT2D eigenvalue weighted by atomic mass is 35.5. The largest absolute Gasteiger partial charge is 0.434 e. The van der Waals surface area contributed by atoms with Crippen molar-refractivity contribution in [2.75, 3.05) is 0 Å². The zero-order chi connectivity index (χ0) is 14.8. The summed E-state index contributed by atoms with van der Waals surface area (Å²) in [7, 11) is 0. The molecule has 0 fully saturated rings. The number of halogens is 1. The summed E-state index contributed by atoms with van der Waals surface area (Å²) < 4.78 is 5.52. The van der Waals surface area contributed by atoms with Crippen molar-refractivity contribution in [3.8, 4) is 11.6 Å². The molecule has 5 nitrogen and oxygen atoms in total. The molecular weight excluding hydrogens is 292 g/mol. The molecule has 0 aliphatic rings. The summed E-state index contributed by atoms with van der Waals surface area (Å²) in [5, 5.41) is 13.1. The summed E-state index contributed by atoms with van der Waals surface area (Å²) in [6.07, 6.45) is 0. The Labute approximate surface area is 124 Å². The zero-order valence-electron chi connectivity index (χ0n) is 10.7. The van der Waals surface area contributed by atoms with Crippen LogP contribution < -0.4 is 4.74 Å². The number of rotatable bonds is 3. The van der Waals surface area contributed by atoms with Crippen molar-refractivity contribution in [3.63, 3.8) is 0 Å². The van der Waals surface area contributed by atoms with E-state index in [1.807, 2.05) is 30.3 Å². The van der Waals surface area contributed by atoms with Crippen molar-refractivity contribution in [1.82, 2.24) is 4.98 Å². The molecule has 1 aromatic heterocycles. The van der Waals surface area contributed by atoms with Crippen LogP contribution in [0.4, 0.5) is 5.69 Å². The molecule has 3 rings (SSSR count). The summed E-state index contributed by atoms with van der Waals surface area (Å²) in [6, 6.07) is 15.8. The van der Waals surface area contributed by atoms with Gasteiger partial charge in [-0.15, -0.1) is 0 Å². The molecule has 0 spiro atoms. The van der Waals surface area contributed by atoms with Crippen molar-refractivity contribution in [1.29, 1.82) is 0 Å². The van der Waals surface area contributed by atoms with Crippen LogP contribution in [0.15, 0.2) is 54.6 Å². The fourth-order valence-electron chi connectivity index (χ4n) is 1.97. The highest BCUT2D eigenvalue weighted by Crippen LogP contribution is 2.31. The first-order valence-electron chi connectivity index (χ1n) is 6.11. The molecule has 0 aliphatic carbocycles. The second-order valence-corrected chi connectivity index (χ2v) is 4.71. The molecule has 0 saturated carbocycles. The van der Waals surface area contributed by atoms with Crippen LogP contribution in [0.3, 0.4) is 0 Å². The topological polar surface area (TPSA) is 65.3 Å². The quantitative estimate of drug-likeness (QED) is 0.403. The predicted molar refractivity (Wildman–Crippen MR) is 79.9 cm³/mol. The maximum atomic E-state index is 11.0. The molecule has 1 heterocycles. The third-order valence-corrected chi connectivity index (χ3v) is 3.15. The fourth-order valence-corrected chi connectivity index (χ4v) is 2.11. The van der Waals surface area contributed by atoms with Gasteiger partial charge >= 0.3 is 11.6 Å². The van der Waals surface area contributed by atoms with Crippen molar-refractivity contribution in [2.24, 2.45) is 0 Å². The molecule has 0 atom stereocenters. The van der Waals surface area contributed by atoms with Gasteiger partial charge in [-0.2, -0.15) is 4.98 Å². The van der Waals surface area contributed by atoms with Crippen LogP contribution in [0.1, 0.15) is 0 Å². The van der Waals surface area contributed by atoms with Crippen LogP contribution in [-0.4, -0.2) is 9.91 Å². The summed E-state index contributed by atoms with van der Waals surface area (Å²) in [5.74, 6) is 0.342. The number of nitro groups is 1. The molecule has 0 radical (unpaired) electrons. The molecule has 0 bridgehead atoms. The number of ether oxygens (including phenoxy) is 1. The third-order valence-electron chi connectivity index (χ3n) is 2.94. The summed E-state index contributed by atoms with van der Waals surface area (Å²) >= 11 is 5.77. The molecule has 0 aliphatic heterocycles. The molecule has 6 heteroatoms. The predicted octanol–water partition coefficient (Wildman–Crippen LogP) is 4.59. The number of nitrogens with zero attached hydrogens (tertiary/aromatic N) is 2. The van der Waals surface area contributed by atoms with Gasteiger partial charge in [-0.1, -0.05) is 41.9 Å². The van der Waals surface area contributed by atoms with E-state index < -0.39 is 4.92 Å². The van der Waals surface area contributed by atoms with Crippen LogP contribution in [0, 0.1) is 10.1 Å². The summed E-state index contributed by atoms with van der Waals surface area (Å²) in [6.45, 7) is 0. The Morgan fingerprint density at radius 3 is 2.57 bits per heavy atom. The Bertz CT molecular complexity index is 836. The lowest BCUT2D eigenvalue weighted by molar-refractivity contribution is -0.386. The van der Waals surface area contributed by atoms with Gasteiger partial charge in [0.1, 0.15) is 10.9 Å². The molecule has 21 heavy (non-hydrogen) atoms. The zero-order valence-corrected chi connectivity index (χ0v) is 11.4. The van der Waals surface area contributed by atoms with Gasteiger partial charge in [-0.3, -0.25) is 10.1 Å². The standard InChI is InChI=1S/C15H9ClN2O3/c16-14-8-7-13(18(19)20)15(17-14)21-12-6-5-10-3-1-2-4-11(10)9-12/h1-9H. The van der Waals surface area contributed by atoms with Crippen LogP contribution in [0.5, 0.6) is 11.6 Å². The Hall–Kier alpha value is -2.66. The van der Waals surface area contributed by atoms with Gasteiger partial charge in [0.2, 0.25) is 0 Å². The van der Waals surface area contributed by atoms with E-state index in [1.165, 1.54) is 12.1 Å². The molecule has 0 amide bonds. The average molecular weight is 301 g/mol. The van der Waals surface area contributed by atoms with Gasteiger partial charge in [-0.25, -0.2) is 0 Å². The Morgan fingerprint density at radius 2 is 1.81 bits per heavy atom. The summed E-state index contributed by atoms with van der Waals surface area (Å²) in [4.78, 5) is 14.3. The van der Waals surface area contributed by atoms with Crippen LogP contribution in [0.25, 0.3) is 10.8 Å². The van der Waals surface area contributed by atoms with Gasteiger partial charge in [0.25, 0.3) is 0 Å². The molecule has 0 unspecified atom stereocenters. The third kappa shape index (κ3) is 2.78. The number of fused-ring (bicyclic) bond motifs is 1. The molecule has 3 aromatic rings. The number of hydrogen-bond donors (Lipinski definition) is 0. The van der Waals surface area contributed by atoms with Crippen molar-refractivity contribution >= 4 is 28.1 Å². The molecule has 0 saturated heterocycles. The maximum absolute atomic E-state index is 11.0. The minimum atomic E-state index is -0.556. The minimum absolute atomic E-state index is 0.122. The van der Waals surface area contributed by atoms with E-state index in [1.54, 1.807) is 12.1 Å². The smallest absolute Gasteiger partial charge is 0.331 e. The van der Waals surface area contributed by atoms with E-state index in [0.717, 1.165) is 10.8 Å². The van der Waals surface area contributed by atoms with E-state index in [2.05, 4.69) is 4.98 Å². The van der Waals surface area contributed by atoms with Crippen LogP contribution >= 0.6 is 11.6 Å². The van der Waals surface area contributed by atoms with Crippen molar-refractivity contribution in [3.05, 3.63) is 69.9 Å². The lowest BCUT2D eigenvalue weighted by Gasteiger charge is -2.06. The normalized spacial score (nSPS) is 10.5. The monoisotopic (exact) mass is 300 g/mol. The number of hydrogen-bond acceptors (Lipinski definition) is 4. The first kappa shape index (κ1) is 13.3. The number of pyridine rings is 1. The maximum Gasteiger partial charge on any atom is 0.331 e. The molecule has 104 valence electrons. The fraction of sp³-hybridized carbons (Fsp3) is 0.